The first-order valence-electron chi connectivity index (χ1n) is 7.38. The lowest BCUT2D eigenvalue weighted by molar-refractivity contribution is -0.605. The van der Waals surface area contributed by atoms with Crippen molar-refractivity contribution in [3.05, 3.63) is 71.2 Å². The molecule has 1 aromatic carbocycles. The minimum absolute atomic E-state index is 0.170. The van der Waals surface area contributed by atoms with Gasteiger partial charge in [0, 0.05) is 23.7 Å². The molecule has 1 aromatic heterocycles. The van der Waals surface area contributed by atoms with Crippen molar-refractivity contribution >= 4 is 11.9 Å². The van der Waals surface area contributed by atoms with Crippen LogP contribution in [0.15, 0.2) is 54.9 Å². The van der Waals surface area contributed by atoms with E-state index >= 15 is 0 Å². The van der Waals surface area contributed by atoms with Crippen LogP contribution in [0.4, 0.5) is 0 Å². The Morgan fingerprint density at radius 2 is 1.78 bits per heavy atom. The quantitative estimate of drug-likeness (QED) is 0.515. The van der Waals surface area contributed by atoms with Gasteiger partial charge in [-0.25, -0.2) is 4.79 Å². The maximum atomic E-state index is 12.4. The summed E-state index contributed by atoms with van der Waals surface area (Å²) in [4.78, 5) is 24.6. The Balaban J connectivity index is 1.78. The molecule has 2 aromatic rings. The van der Waals surface area contributed by atoms with Crippen LogP contribution in [0.2, 0.25) is 0 Å². The molecule has 0 radical (unpaired) electrons. The summed E-state index contributed by atoms with van der Waals surface area (Å²) >= 11 is 0. The SMILES string of the molecule is O=C(O[C@@H](C(=O)NC1CC1)c1ccccc1)c1cc[n+]([O-])cc1. The summed E-state index contributed by atoms with van der Waals surface area (Å²) < 4.78 is 5.97. The molecule has 0 bridgehead atoms. The van der Waals surface area contributed by atoms with Gasteiger partial charge in [0.05, 0.1) is 5.56 Å². The van der Waals surface area contributed by atoms with E-state index in [1.54, 1.807) is 24.3 Å². The van der Waals surface area contributed by atoms with Crippen LogP contribution in [-0.4, -0.2) is 17.9 Å². The average Bonchev–Trinajstić information content (AvgIpc) is 3.37. The van der Waals surface area contributed by atoms with Gasteiger partial charge in [-0.05, 0) is 12.8 Å². The second-order valence-corrected chi connectivity index (χ2v) is 5.43. The second-order valence-electron chi connectivity index (χ2n) is 5.43. The van der Waals surface area contributed by atoms with Gasteiger partial charge in [0.25, 0.3) is 5.91 Å². The van der Waals surface area contributed by atoms with Gasteiger partial charge >= 0.3 is 5.97 Å². The van der Waals surface area contributed by atoms with Crippen LogP contribution in [0.25, 0.3) is 0 Å². The highest BCUT2D eigenvalue weighted by Crippen LogP contribution is 2.23. The van der Waals surface area contributed by atoms with E-state index in [0.29, 0.717) is 10.3 Å². The molecule has 23 heavy (non-hydrogen) atoms. The smallest absolute Gasteiger partial charge is 0.339 e. The van der Waals surface area contributed by atoms with Crippen molar-refractivity contribution in [2.75, 3.05) is 0 Å². The lowest BCUT2D eigenvalue weighted by Gasteiger charge is -2.18. The van der Waals surface area contributed by atoms with Gasteiger partial charge in [0.15, 0.2) is 12.4 Å². The number of carbonyl (C=O) groups excluding carboxylic acids is 2. The van der Waals surface area contributed by atoms with Gasteiger partial charge in [-0.15, -0.1) is 0 Å². The molecule has 6 heteroatoms. The fourth-order valence-corrected chi connectivity index (χ4v) is 2.13. The van der Waals surface area contributed by atoms with Crippen molar-refractivity contribution in [2.24, 2.45) is 0 Å². The number of carbonyl (C=O) groups is 2. The Hall–Kier alpha value is -2.89. The first-order valence-corrected chi connectivity index (χ1v) is 7.38. The zero-order valence-electron chi connectivity index (χ0n) is 12.3. The molecule has 0 spiro atoms. The van der Waals surface area contributed by atoms with E-state index in [9.17, 15) is 14.8 Å². The number of rotatable bonds is 5. The number of aromatic nitrogens is 1. The molecule has 0 unspecified atom stereocenters. The summed E-state index contributed by atoms with van der Waals surface area (Å²) in [5, 5.41) is 13.9. The molecule has 1 fully saturated rings. The Labute approximate surface area is 133 Å². The van der Waals surface area contributed by atoms with E-state index in [-0.39, 0.29) is 17.5 Å². The van der Waals surface area contributed by atoms with Crippen molar-refractivity contribution in [1.29, 1.82) is 0 Å². The molecule has 0 aliphatic heterocycles. The third-order valence-corrected chi connectivity index (χ3v) is 3.53. The van der Waals surface area contributed by atoms with E-state index in [2.05, 4.69) is 5.32 Å². The summed E-state index contributed by atoms with van der Waals surface area (Å²) in [6.45, 7) is 0. The average molecular weight is 312 g/mol. The molecular weight excluding hydrogens is 296 g/mol. The van der Waals surface area contributed by atoms with Crippen LogP contribution in [0.5, 0.6) is 0 Å². The molecule has 6 nitrogen and oxygen atoms in total. The summed E-state index contributed by atoms with van der Waals surface area (Å²) in [6.07, 6.45) is 3.30. The summed E-state index contributed by atoms with van der Waals surface area (Å²) in [5.41, 5.74) is 0.825. The van der Waals surface area contributed by atoms with Crippen molar-refractivity contribution in [2.45, 2.75) is 25.0 Å². The molecule has 1 aliphatic carbocycles. The van der Waals surface area contributed by atoms with Crippen molar-refractivity contribution in [3.63, 3.8) is 0 Å². The highest BCUT2D eigenvalue weighted by molar-refractivity contribution is 5.92. The Bertz CT molecular complexity index is 696. The largest absolute Gasteiger partial charge is 0.619 e. The third-order valence-electron chi connectivity index (χ3n) is 3.53. The summed E-state index contributed by atoms with van der Waals surface area (Å²) in [5.74, 6) is -0.979. The zero-order valence-corrected chi connectivity index (χ0v) is 12.3. The van der Waals surface area contributed by atoms with Crippen molar-refractivity contribution < 1.29 is 19.1 Å². The lowest BCUT2D eigenvalue weighted by Crippen LogP contribution is -2.33. The Morgan fingerprint density at radius 3 is 2.39 bits per heavy atom. The lowest BCUT2D eigenvalue weighted by atomic mass is 10.1. The number of ether oxygens (including phenoxy) is 1. The van der Waals surface area contributed by atoms with Crippen LogP contribution in [0, 0.1) is 5.21 Å². The molecule has 118 valence electrons. The number of nitrogens with one attached hydrogen (secondary N) is 1. The van der Waals surface area contributed by atoms with Gasteiger partial charge in [0.2, 0.25) is 6.10 Å². The Kier molecular flexibility index (Phi) is 4.23. The minimum Gasteiger partial charge on any atom is -0.619 e. The normalized spacial score (nSPS) is 14.8. The number of esters is 1. The number of hydrogen-bond donors (Lipinski definition) is 1. The maximum absolute atomic E-state index is 12.4. The molecule has 3 rings (SSSR count). The highest BCUT2D eigenvalue weighted by atomic mass is 16.5. The van der Waals surface area contributed by atoms with E-state index < -0.39 is 12.1 Å². The number of pyridine rings is 1. The second kappa shape index (κ2) is 6.48. The molecule has 1 amide bonds. The minimum atomic E-state index is -1.01. The fourth-order valence-electron chi connectivity index (χ4n) is 2.13. The molecule has 0 saturated heterocycles. The Morgan fingerprint density at radius 1 is 1.13 bits per heavy atom. The third kappa shape index (κ3) is 3.85. The number of benzene rings is 1. The van der Waals surface area contributed by atoms with Gasteiger partial charge in [-0.1, -0.05) is 30.3 Å². The summed E-state index contributed by atoms with van der Waals surface area (Å²) in [7, 11) is 0. The molecule has 1 aliphatic rings. The zero-order chi connectivity index (χ0) is 16.2. The van der Waals surface area contributed by atoms with Crippen molar-refractivity contribution in [3.8, 4) is 0 Å². The number of nitrogens with zero attached hydrogens (tertiary/aromatic N) is 1. The van der Waals surface area contributed by atoms with Crippen LogP contribution >= 0.6 is 0 Å². The molecule has 1 heterocycles. The monoisotopic (exact) mass is 312 g/mol. The van der Waals surface area contributed by atoms with Crippen LogP contribution in [-0.2, 0) is 9.53 Å². The molecule has 1 atom stereocenters. The van der Waals surface area contributed by atoms with E-state index in [1.807, 2.05) is 6.07 Å². The number of hydrogen-bond acceptors (Lipinski definition) is 4. The van der Waals surface area contributed by atoms with E-state index in [0.717, 1.165) is 12.8 Å². The first kappa shape index (κ1) is 15.0. The van der Waals surface area contributed by atoms with Gasteiger partial charge in [-0.2, -0.15) is 4.73 Å². The highest BCUT2D eigenvalue weighted by Gasteiger charge is 2.31. The predicted molar refractivity (Wildman–Crippen MR) is 81.2 cm³/mol. The van der Waals surface area contributed by atoms with Gasteiger partial charge in [0.1, 0.15) is 0 Å². The van der Waals surface area contributed by atoms with Crippen molar-refractivity contribution in [1.82, 2.24) is 5.32 Å². The molecule has 1 saturated carbocycles. The topological polar surface area (TPSA) is 82.3 Å². The van der Waals surface area contributed by atoms with Gasteiger partial charge < -0.3 is 15.3 Å². The fraction of sp³-hybridized carbons (Fsp3) is 0.235. The predicted octanol–water partition coefficient (Wildman–Crippen LogP) is 1.50. The van der Waals surface area contributed by atoms with E-state index in [4.69, 9.17) is 4.74 Å². The maximum Gasteiger partial charge on any atom is 0.339 e. The van der Waals surface area contributed by atoms with Crippen LogP contribution < -0.4 is 10.0 Å². The van der Waals surface area contributed by atoms with Crippen LogP contribution in [0.3, 0.4) is 0 Å². The van der Waals surface area contributed by atoms with E-state index in [1.165, 1.54) is 24.5 Å². The number of amides is 1. The molecular formula is C17H16N2O4. The first-order chi connectivity index (χ1) is 11.1. The standard InChI is InChI=1S/C17H16N2O4/c20-16(18-14-6-7-14)15(12-4-2-1-3-5-12)23-17(21)13-8-10-19(22)11-9-13/h1-5,8-11,14-15H,6-7H2,(H,18,20)/t15-/m1/s1. The van der Waals surface area contributed by atoms with Gasteiger partial charge in [-0.3, -0.25) is 4.79 Å². The van der Waals surface area contributed by atoms with Crippen LogP contribution in [0.1, 0.15) is 34.9 Å². The summed E-state index contributed by atoms with van der Waals surface area (Å²) in [6, 6.07) is 11.7. The molecule has 1 N–H and O–H groups in total.